The Bertz CT molecular complexity index is 479. The monoisotopic (exact) mass is 306 g/mol. The lowest BCUT2D eigenvalue weighted by Crippen LogP contribution is -2.37. The Morgan fingerprint density at radius 1 is 1.41 bits per heavy atom. The minimum Gasteiger partial charge on any atom is -0.396 e. The number of aliphatic hydroxyl groups excluding tert-OH is 1. The van der Waals surface area contributed by atoms with Crippen molar-refractivity contribution >= 4 is 11.6 Å². The van der Waals surface area contributed by atoms with E-state index in [2.05, 4.69) is 27.1 Å². The van der Waals surface area contributed by atoms with Crippen LogP contribution in [0.3, 0.4) is 0 Å². The van der Waals surface area contributed by atoms with Gasteiger partial charge in [-0.15, -0.1) is 0 Å². The first-order valence-corrected chi connectivity index (χ1v) is 8.32. The summed E-state index contributed by atoms with van der Waals surface area (Å²) in [7, 11) is 0. The van der Waals surface area contributed by atoms with Gasteiger partial charge in [-0.25, -0.2) is 9.97 Å². The number of nitrogens with zero attached hydrogens (tertiary/aromatic N) is 3. The Morgan fingerprint density at radius 3 is 3.09 bits per heavy atom. The summed E-state index contributed by atoms with van der Waals surface area (Å²) in [6.07, 6.45) is 6.33. The average molecular weight is 306 g/mol. The molecule has 2 aliphatic heterocycles. The molecule has 6 heteroatoms. The Hall–Kier alpha value is -1.40. The molecule has 6 nitrogen and oxygen atoms in total. The van der Waals surface area contributed by atoms with E-state index in [1.165, 1.54) is 0 Å². The molecule has 0 aromatic carbocycles. The number of anilines is 2. The summed E-state index contributed by atoms with van der Waals surface area (Å²) in [6.45, 7) is 5.12. The normalized spacial score (nSPS) is 26.9. The van der Waals surface area contributed by atoms with Gasteiger partial charge in [0.2, 0.25) is 0 Å². The number of piperidine rings is 1. The van der Waals surface area contributed by atoms with E-state index in [0.29, 0.717) is 5.92 Å². The average Bonchev–Trinajstić information content (AvgIpc) is 3.10. The zero-order chi connectivity index (χ0) is 15.4. The van der Waals surface area contributed by atoms with Gasteiger partial charge in [0.25, 0.3) is 0 Å². The van der Waals surface area contributed by atoms with Crippen molar-refractivity contribution in [3.05, 3.63) is 12.4 Å². The van der Waals surface area contributed by atoms with Gasteiger partial charge in [0.15, 0.2) is 0 Å². The second-order valence-corrected chi connectivity index (χ2v) is 6.38. The van der Waals surface area contributed by atoms with Gasteiger partial charge in [-0.1, -0.05) is 0 Å². The molecule has 0 saturated carbocycles. The molecule has 0 aliphatic carbocycles. The Kier molecular flexibility index (Phi) is 5.10. The Morgan fingerprint density at radius 2 is 2.32 bits per heavy atom. The fourth-order valence-corrected chi connectivity index (χ4v) is 3.34. The van der Waals surface area contributed by atoms with Crippen molar-refractivity contribution in [2.24, 2.45) is 5.92 Å². The van der Waals surface area contributed by atoms with Gasteiger partial charge in [-0.3, -0.25) is 0 Å². The number of hydrogen-bond acceptors (Lipinski definition) is 6. The molecule has 1 aromatic rings. The van der Waals surface area contributed by atoms with Crippen molar-refractivity contribution in [1.29, 1.82) is 0 Å². The van der Waals surface area contributed by atoms with Crippen LogP contribution in [0.5, 0.6) is 0 Å². The topological polar surface area (TPSA) is 70.5 Å². The second-order valence-electron chi connectivity index (χ2n) is 6.38. The van der Waals surface area contributed by atoms with Crippen molar-refractivity contribution in [1.82, 2.24) is 9.97 Å². The number of nitrogens with one attached hydrogen (secondary N) is 1. The van der Waals surface area contributed by atoms with Crippen molar-refractivity contribution in [2.75, 3.05) is 36.5 Å². The molecule has 2 N–H and O–H groups in total. The number of aromatic nitrogens is 2. The van der Waals surface area contributed by atoms with Crippen LogP contribution in [0.25, 0.3) is 0 Å². The highest BCUT2D eigenvalue weighted by Gasteiger charge is 2.23. The second kappa shape index (κ2) is 7.24. The molecular weight excluding hydrogens is 280 g/mol. The molecule has 0 radical (unpaired) electrons. The van der Waals surface area contributed by atoms with Crippen molar-refractivity contribution < 1.29 is 9.84 Å². The summed E-state index contributed by atoms with van der Waals surface area (Å²) < 4.78 is 5.72. The lowest BCUT2D eigenvalue weighted by atomic mass is 9.99. The molecule has 2 fully saturated rings. The lowest BCUT2D eigenvalue weighted by Gasteiger charge is -2.32. The molecule has 1 aromatic heterocycles. The molecule has 0 unspecified atom stereocenters. The van der Waals surface area contributed by atoms with Gasteiger partial charge < -0.3 is 20.1 Å². The predicted molar refractivity (Wildman–Crippen MR) is 86.1 cm³/mol. The van der Waals surface area contributed by atoms with E-state index < -0.39 is 0 Å². The summed E-state index contributed by atoms with van der Waals surface area (Å²) >= 11 is 0. The molecule has 0 spiro atoms. The van der Waals surface area contributed by atoms with Gasteiger partial charge in [0.1, 0.15) is 18.0 Å². The number of rotatable bonds is 5. The van der Waals surface area contributed by atoms with E-state index in [9.17, 15) is 5.11 Å². The molecule has 122 valence electrons. The largest absolute Gasteiger partial charge is 0.396 e. The van der Waals surface area contributed by atoms with E-state index in [1.54, 1.807) is 6.33 Å². The maximum absolute atomic E-state index is 9.36. The summed E-state index contributed by atoms with van der Waals surface area (Å²) in [5.41, 5.74) is 0. The number of hydrogen-bond donors (Lipinski definition) is 2. The third kappa shape index (κ3) is 3.67. The van der Waals surface area contributed by atoms with Crippen LogP contribution in [-0.2, 0) is 4.74 Å². The number of aliphatic hydroxyl groups is 1. The van der Waals surface area contributed by atoms with Gasteiger partial charge in [0.05, 0.1) is 12.1 Å². The summed E-state index contributed by atoms with van der Waals surface area (Å²) in [5.74, 6) is 2.14. The fraction of sp³-hybridized carbons (Fsp3) is 0.750. The molecule has 22 heavy (non-hydrogen) atoms. The van der Waals surface area contributed by atoms with Crippen LogP contribution in [0.2, 0.25) is 0 Å². The summed E-state index contributed by atoms with van der Waals surface area (Å²) in [6, 6.07) is 2.25. The first-order chi connectivity index (χ1) is 10.8. The lowest BCUT2D eigenvalue weighted by molar-refractivity contribution is 0.0995. The number of ether oxygens (including phenoxy) is 1. The molecule has 3 atom stereocenters. The van der Waals surface area contributed by atoms with Crippen LogP contribution in [0.4, 0.5) is 11.6 Å². The van der Waals surface area contributed by atoms with Crippen LogP contribution in [0.15, 0.2) is 12.4 Å². The SMILES string of the molecule is C[C@H](Nc1cc(N2CCC[C@H](CO)C2)ncn1)[C@H]1CCCO1. The minimum atomic E-state index is 0.247. The Labute approximate surface area is 131 Å². The molecule has 2 aliphatic rings. The third-order valence-corrected chi connectivity index (χ3v) is 4.65. The zero-order valence-electron chi connectivity index (χ0n) is 13.2. The zero-order valence-corrected chi connectivity index (χ0v) is 13.2. The molecule has 3 rings (SSSR count). The molecular formula is C16H26N4O2. The summed E-state index contributed by atoms with van der Waals surface area (Å²) in [5, 5.41) is 12.8. The molecule has 3 heterocycles. The predicted octanol–water partition coefficient (Wildman–Crippen LogP) is 1.66. The van der Waals surface area contributed by atoms with Crippen molar-refractivity contribution in [2.45, 2.75) is 44.8 Å². The highest BCUT2D eigenvalue weighted by molar-refractivity contribution is 5.49. The third-order valence-electron chi connectivity index (χ3n) is 4.65. The molecule has 2 saturated heterocycles. The highest BCUT2D eigenvalue weighted by atomic mass is 16.5. The van der Waals surface area contributed by atoms with Crippen LogP contribution < -0.4 is 10.2 Å². The first kappa shape index (κ1) is 15.5. The van der Waals surface area contributed by atoms with Crippen LogP contribution in [-0.4, -0.2) is 53.5 Å². The minimum absolute atomic E-state index is 0.247. The van der Waals surface area contributed by atoms with E-state index in [1.807, 2.05) is 6.07 Å². The van der Waals surface area contributed by atoms with E-state index in [-0.39, 0.29) is 18.8 Å². The van der Waals surface area contributed by atoms with Gasteiger partial charge >= 0.3 is 0 Å². The van der Waals surface area contributed by atoms with Gasteiger partial charge in [-0.05, 0) is 38.5 Å². The van der Waals surface area contributed by atoms with Crippen LogP contribution in [0, 0.1) is 5.92 Å². The standard InChI is InChI=1S/C16H26N4O2/c1-12(14-5-3-7-22-14)19-15-8-16(18-11-17-15)20-6-2-4-13(9-20)10-21/h8,11-14,21H,2-7,9-10H2,1H3,(H,17,18,19)/t12-,13-,14+/m0/s1. The van der Waals surface area contributed by atoms with E-state index >= 15 is 0 Å². The van der Waals surface area contributed by atoms with E-state index in [4.69, 9.17) is 4.74 Å². The smallest absolute Gasteiger partial charge is 0.134 e. The van der Waals surface area contributed by atoms with E-state index in [0.717, 1.165) is 57.0 Å². The first-order valence-electron chi connectivity index (χ1n) is 8.32. The molecule has 0 bridgehead atoms. The van der Waals surface area contributed by atoms with Gasteiger partial charge in [-0.2, -0.15) is 0 Å². The maximum atomic E-state index is 9.36. The van der Waals surface area contributed by atoms with Crippen molar-refractivity contribution in [3.63, 3.8) is 0 Å². The van der Waals surface area contributed by atoms with Crippen molar-refractivity contribution in [3.8, 4) is 0 Å². The quantitative estimate of drug-likeness (QED) is 0.862. The Balaban J connectivity index is 1.64. The highest BCUT2D eigenvalue weighted by Crippen LogP contribution is 2.23. The van der Waals surface area contributed by atoms with Crippen LogP contribution >= 0.6 is 0 Å². The summed E-state index contributed by atoms with van der Waals surface area (Å²) in [4.78, 5) is 11.0. The fourth-order valence-electron chi connectivity index (χ4n) is 3.34. The van der Waals surface area contributed by atoms with Crippen LogP contribution in [0.1, 0.15) is 32.6 Å². The molecule has 0 amide bonds. The van der Waals surface area contributed by atoms with Gasteiger partial charge in [0, 0.05) is 32.4 Å². The maximum Gasteiger partial charge on any atom is 0.134 e.